The molecule has 1 aromatic rings. The highest BCUT2D eigenvalue weighted by atomic mass is 35.5. The molecule has 0 radical (unpaired) electrons. The Hall–Kier alpha value is -1.11. The van der Waals surface area contributed by atoms with E-state index in [0.29, 0.717) is 12.2 Å². The van der Waals surface area contributed by atoms with Crippen molar-refractivity contribution in [2.75, 3.05) is 11.9 Å². The number of amides is 1. The Bertz CT molecular complexity index is 573. The third-order valence-corrected chi connectivity index (χ3v) is 4.41. The zero-order valence-electron chi connectivity index (χ0n) is 11.6. The molecule has 5 nitrogen and oxygen atoms in total. The first-order valence-corrected chi connectivity index (χ1v) is 8.29. The van der Waals surface area contributed by atoms with Gasteiger partial charge in [-0.15, -0.1) is 0 Å². The summed E-state index contributed by atoms with van der Waals surface area (Å²) in [6.07, 6.45) is 2.80. The lowest BCUT2D eigenvalue weighted by Gasteiger charge is -2.09. The van der Waals surface area contributed by atoms with Crippen molar-refractivity contribution in [2.45, 2.75) is 38.0 Å². The predicted octanol–water partition coefficient (Wildman–Crippen LogP) is 2.77. The molecule has 0 aromatic heterocycles. The van der Waals surface area contributed by atoms with Gasteiger partial charge in [-0.3, -0.25) is 4.79 Å². The van der Waals surface area contributed by atoms with Crippen molar-refractivity contribution in [1.29, 1.82) is 0 Å². The highest BCUT2D eigenvalue weighted by molar-refractivity contribution is 7.89. The Morgan fingerprint density at radius 1 is 1.30 bits per heavy atom. The van der Waals surface area contributed by atoms with Crippen molar-refractivity contribution >= 4 is 33.2 Å². The minimum absolute atomic E-state index is 0.0908. The molecule has 0 fully saturated rings. The number of benzene rings is 1. The molecule has 0 saturated carbocycles. The molecule has 0 spiro atoms. The van der Waals surface area contributed by atoms with Gasteiger partial charge in [0.25, 0.3) is 0 Å². The first kappa shape index (κ1) is 16.9. The fourth-order valence-electron chi connectivity index (χ4n) is 1.62. The number of nitrogens with one attached hydrogen (secondary N) is 2. The number of carbonyl (C=O) groups is 1. The van der Waals surface area contributed by atoms with Gasteiger partial charge in [0.1, 0.15) is 0 Å². The summed E-state index contributed by atoms with van der Waals surface area (Å²) in [6, 6.07) is 4.22. The second-order valence-electron chi connectivity index (χ2n) is 4.43. The van der Waals surface area contributed by atoms with Gasteiger partial charge in [-0.1, -0.05) is 31.4 Å². The van der Waals surface area contributed by atoms with Gasteiger partial charge < -0.3 is 5.32 Å². The van der Waals surface area contributed by atoms with Crippen LogP contribution in [0.25, 0.3) is 0 Å². The topological polar surface area (TPSA) is 75.3 Å². The average molecular weight is 319 g/mol. The monoisotopic (exact) mass is 318 g/mol. The number of anilines is 1. The van der Waals surface area contributed by atoms with Gasteiger partial charge in [-0.2, -0.15) is 0 Å². The van der Waals surface area contributed by atoms with Crippen LogP contribution in [0, 0.1) is 0 Å². The lowest BCUT2D eigenvalue weighted by Crippen LogP contribution is -2.24. The van der Waals surface area contributed by atoms with Crippen molar-refractivity contribution in [3.63, 3.8) is 0 Å². The van der Waals surface area contributed by atoms with Crippen molar-refractivity contribution < 1.29 is 13.2 Å². The second kappa shape index (κ2) is 7.61. The molecule has 1 amide bonds. The largest absolute Gasteiger partial charge is 0.325 e. The Balaban J connectivity index is 2.80. The molecule has 112 valence electrons. The van der Waals surface area contributed by atoms with Gasteiger partial charge >= 0.3 is 0 Å². The number of unbranched alkanes of at least 4 members (excludes halogenated alkanes) is 2. The Morgan fingerprint density at radius 2 is 2.00 bits per heavy atom. The number of hydrogen-bond acceptors (Lipinski definition) is 3. The van der Waals surface area contributed by atoms with Crippen LogP contribution in [0.15, 0.2) is 23.1 Å². The van der Waals surface area contributed by atoms with Gasteiger partial charge in [0, 0.05) is 13.5 Å². The van der Waals surface area contributed by atoms with Gasteiger partial charge in [0.05, 0.1) is 15.6 Å². The van der Waals surface area contributed by atoms with Crippen LogP contribution < -0.4 is 10.0 Å². The van der Waals surface area contributed by atoms with E-state index in [1.165, 1.54) is 25.1 Å². The molecule has 0 aliphatic heterocycles. The van der Waals surface area contributed by atoms with Crippen LogP contribution in [-0.2, 0) is 14.8 Å². The van der Waals surface area contributed by atoms with Gasteiger partial charge in [-0.25, -0.2) is 13.1 Å². The molecule has 7 heteroatoms. The van der Waals surface area contributed by atoms with Crippen LogP contribution in [0.4, 0.5) is 5.69 Å². The van der Waals surface area contributed by atoms with E-state index in [4.69, 9.17) is 11.6 Å². The maximum atomic E-state index is 12.0. The minimum Gasteiger partial charge on any atom is -0.325 e. The molecule has 1 rings (SSSR count). The van der Waals surface area contributed by atoms with E-state index in [1.807, 2.05) is 0 Å². The molecule has 1 aromatic carbocycles. The van der Waals surface area contributed by atoms with E-state index in [1.54, 1.807) is 0 Å². The molecule has 0 heterocycles. The quantitative estimate of drug-likeness (QED) is 0.759. The molecular weight excluding hydrogens is 300 g/mol. The lowest BCUT2D eigenvalue weighted by atomic mass is 10.3. The first-order valence-electron chi connectivity index (χ1n) is 6.43. The highest BCUT2D eigenvalue weighted by Gasteiger charge is 2.15. The standard InChI is InChI=1S/C13H19ClN2O3S/c1-3-4-5-8-15-20(18,19)11-6-7-13(12(14)9-11)16-10(2)17/h6-7,9,15H,3-5,8H2,1-2H3,(H,16,17). The molecule has 0 aliphatic carbocycles. The fourth-order valence-corrected chi connectivity index (χ4v) is 3.01. The zero-order chi connectivity index (χ0) is 15.2. The number of carbonyl (C=O) groups excluding carboxylic acids is 1. The smallest absolute Gasteiger partial charge is 0.240 e. The van der Waals surface area contributed by atoms with E-state index in [2.05, 4.69) is 17.0 Å². The van der Waals surface area contributed by atoms with Crippen molar-refractivity contribution in [2.24, 2.45) is 0 Å². The van der Waals surface area contributed by atoms with Crippen LogP contribution in [0.3, 0.4) is 0 Å². The Morgan fingerprint density at radius 3 is 2.55 bits per heavy atom. The summed E-state index contributed by atoms with van der Waals surface area (Å²) in [6.45, 7) is 3.81. The maximum Gasteiger partial charge on any atom is 0.240 e. The Kier molecular flexibility index (Phi) is 6.45. The highest BCUT2D eigenvalue weighted by Crippen LogP contribution is 2.25. The summed E-state index contributed by atoms with van der Waals surface area (Å²) in [5.74, 6) is -0.264. The van der Waals surface area contributed by atoms with Gasteiger partial charge in [-0.05, 0) is 24.6 Å². The summed E-state index contributed by atoms with van der Waals surface area (Å²) in [5, 5.41) is 2.72. The van der Waals surface area contributed by atoms with E-state index in [-0.39, 0.29) is 15.8 Å². The normalized spacial score (nSPS) is 11.3. The summed E-state index contributed by atoms with van der Waals surface area (Å²) < 4.78 is 26.6. The molecular formula is C13H19ClN2O3S. The molecule has 0 saturated heterocycles. The average Bonchev–Trinajstić information content (AvgIpc) is 2.36. The van der Waals surface area contributed by atoms with Crippen LogP contribution in [0.5, 0.6) is 0 Å². The molecule has 0 aliphatic rings. The van der Waals surface area contributed by atoms with Crippen molar-refractivity contribution in [1.82, 2.24) is 4.72 Å². The Labute approximate surface area is 124 Å². The number of rotatable bonds is 7. The minimum atomic E-state index is -3.56. The SMILES string of the molecule is CCCCCNS(=O)(=O)c1ccc(NC(C)=O)c(Cl)c1. The molecule has 0 atom stereocenters. The lowest BCUT2D eigenvalue weighted by molar-refractivity contribution is -0.114. The van der Waals surface area contributed by atoms with E-state index in [0.717, 1.165) is 19.3 Å². The zero-order valence-corrected chi connectivity index (χ0v) is 13.1. The maximum absolute atomic E-state index is 12.0. The summed E-state index contributed by atoms with van der Waals surface area (Å²) in [5.41, 5.74) is 0.393. The third kappa shape index (κ3) is 5.11. The van der Waals surface area contributed by atoms with Crippen molar-refractivity contribution in [3.05, 3.63) is 23.2 Å². The van der Waals surface area contributed by atoms with Crippen molar-refractivity contribution in [3.8, 4) is 0 Å². The third-order valence-electron chi connectivity index (χ3n) is 2.63. The van der Waals surface area contributed by atoms with Gasteiger partial charge in [0.2, 0.25) is 15.9 Å². The van der Waals surface area contributed by atoms with E-state index < -0.39 is 10.0 Å². The van der Waals surface area contributed by atoms with Crippen LogP contribution in [0.1, 0.15) is 33.1 Å². The number of halogens is 1. The van der Waals surface area contributed by atoms with E-state index >= 15 is 0 Å². The summed E-state index contributed by atoms with van der Waals surface area (Å²) in [4.78, 5) is 11.0. The fraction of sp³-hybridized carbons (Fsp3) is 0.462. The van der Waals surface area contributed by atoms with E-state index in [9.17, 15) is 13.2 Å². The summed E-state index contributed by atoms with van der Waals surface area (Å²) in [7, 11) is -3.56. The van der Waals surface area contributed by atoms with Crippen LogP contribution in [0.2, 0.25) is 5.02 Å². The van der Waals surface area contributed by atoms with Crippen LogP contribution in [-0.4, -0.2) is 20.9 Å². The number of hydrogen-bond donors (Lipinski definition) is 2. The van der Waals surface area contributed by atoms with Gasteiger partial charge in [0.15, 0.2) is 0 Å². The first-order chi connectivity index (χ1) is 9.36. The number of sulfonamides is 1. The molecule has 0 bridgehead atoms. The predicted molar refractivity (Wildman–Crippen MR) is 80.5 cm³/mol. The molecule has 20 heavy (non-hydrogen) atoms. The van der Waals surface area contributed by atoms with Crippen LogP contribution >= 0.6 is 11.6 Å². The summed E-state index contributed by atoms with van der Waals surface area (Å²) >= 11 is 5.96. The second-order valence-corrected chi connectivity index (χ2v) is 6.60. The molecule has 2 N–H and O–H groups in total. The molecule has 0 unspecified atom stereocenters.